The highest BCUT2D eigenvalue weighted by Crippen LogP contribution is 2.74. The quantitative estimate of drug-likeness (QED) is 0.105. The molecule has 19 heteroatoms. The topological polar surface area (TPSA) is 318 Å². The molecule has 8 aliphatic rings. The van der Waals surface area contributed by atoms with Crippen LogP contribution in [0.5, 0.6) is 0 Å². The molecule has 0 spiro atoms. The first-order valence-corrected chi connectivity index (χ1v) is 24.3. The fraction of sp³-hybridized carbons (Fsp3) is 0.917. The molecular formula is C48H78O19. The second-order valence-electron chi connectivity index (χ2n) is 22.9. The molecule has 19 nitrogen and oxygen atoms in total. The Kier molecular flexibility index (Phi) is 14.5. The summed E-state index contributed by atoms with van der Waals surface area (Å²) in [7, 11) is 0. The molecule has 3 saturated carbocycles. The summed E-state index contributed by atoms with van der Waals surface area (Å²) in [6.07, 6.45) is -16.1. The first kappa shape index (κ1) is 52.1. The Balaban J connectivity index is 1.06. The van der Waals surface area contributed by atoms with Gasteiger partial charge in [-0.2, -0.15) is 0 Å². The molecule has 5 aliphatic carbocycles. The lowest BCUT2D eigenvalue weighted by Crippen LogP contribution is -2.67. The van der Waals surface area contributed by atoms with Crippen LogP contribution in [-0.4, -0.2) is 204 Å². The minimum absolute atomic E-state index is 0.00136. The predicted octanol–water partition coefficient (Wildman–Crippen LogP) is -1.52. The maximum absolute atomic E-state index is 12.1. The molecule has 25 atom stereocenters. The lowest BCUT2D eigenvalue weighted by molar-refractivity contribution is -0.374. The first-order valence-electron chi connectivity index (χ1n) is 24.3. The SMILES string of the molecule is C[C@@H]1O[C@@H](O[C@H]2[C@H](O)[C@@H](O)[C@H](O[C@H]3CC[C@]4(C)[C@@H](CC[C@]5(C)[C@@H]4C=CC4=C6C[C@@](C)(CO)CC[C@]6(CO)[C@@H](O)C[C@]45C)[C@@]3(C)CO)O[C@@H]2CO[C@@H]2O[C@H](CO)[C@@H](O)[C@H](O)[C@H]2O)[C@H](O)[C@H](O)[C@H]1O. The first-order chi connectivity index (χ1) is 31.4. The summed E-state index contributed by atoms with van der Waals surface area (Å²) >= 11 is 0. The Morgan fingerprint density at radius 1 is 0.642 bits per heavy atom. The number of aliphatic hydroxyl groups is 13. The number of fused-ring (bicyclic) bond motifs is 6. The van der Waals surface area contributed by atoms with E-state index in [1.165, 1.54) is 6.92 Å². The average molecular weight is 959 g/mol. The van der Waals surface area contributed by atoms with Crippen LogP contribution in [0.3, 0.4) is 0 Å². The monoisotopic (exact) mass is 959 g/mol. The van der Waals surface area contributed by atoms with E-state index in [0.29, 0.717) is 44.9 Å². The maximum atomic E-state index is 12.1. The summed E-state index contributed by atoms with van der Waals surface area (Å²) in [6, 6.07) is 0. The standard InChI is InChI=1S/C48H78O19/c1-22-31(54)33(56)37(60)41(63-22)67-39-26(18-62-40-36(59)34(57)32(55)25(17-49)64-40)65-42(38(61)35(39)58)66-30-10-11-44(3)27(45(30,4)20-51)9-12-46(5)28(44)8-7-23-24-15-43(2,19-50)13-14-48(24,21-52)29(53)16-47(23,46)6/h7-8,22,25-42,49-61H,9-21H2,1-6H3/t22-,25+,26+,27+,28+,29-,30-,31-,32+,33+,34-,35+,36+,37+,38+,39+,40+,41-,42-,43-,44+,45+,46+,47+,48+/m0/s1. The zero-order valence-electron chi connectivity index (χ0n) is 39.6. The third-order valence-corrected chi connectivity index (χ3v) is 19.2. The number of hydrogen-bond acceptors (Lipinski definition) is 19. The Morgan fingerprint density at radius 2 is 1.28 bits per heavy atom. The third kappa shape index (κ3) is 8.06. The molecule has 13 N–H and O–H groups in total. The minimum Gasteiger partial charge on any atom is -0.396 e. The summed E-state index contributed by atoms with van der Waals surface area (Å²) < 4.78 is 36.0. The van der Waals surface area contributed by atoms with Crippen molar-refractivity contribution in [1.29, 1.82) is 0 Å². The predicted molar refractivity (Wildman–Crippen MR) is 233 cm³/mol. The minimum atomic E-state index is -1.83. The van der Waals surface area contributed by atoms with Crippen molar-refractivity contribution in [1.82, 2.24) is 0 Å². The van der Waals surface area contributed by atoms with Crippen molar-refractivity contribution in [3.05, 3.63) is 23.3 Å². The molecule has 0 aromatic carbocycles. The highest BCUT2D eigenvalue weighted by molar-refractivity contribution is 5.47. The van der Waals surface area contributed by atoms with Gasteiger partial charge in [0.05, 0.1) is 44.7 Å². The summed E-state index contributed by atoms with van der Waals surface area (Å²) in [5, 5.41) is 141. The highest BCUT2D eigenvalue weighted by Gasteiger charge is 2.69. The van der Waals surface area contributed by atoms with Crippen LogP contribution < -0.4 is 0 Å². The van der Waals surface area contributed by atoms with Gasteiger partial charge in [-0.3, -0.25) is 0 Å². The van der Waals surface area contributed by atoms with Crippen LogP contribution in [0.25, 0.3) is 0 Å². The van der Waals surface area contributed by atoms with E-state index in [0.717, 1.165) is 17.6 Å². The van der Waals surface area contributed by atoms with Gasteiger partial charge in [0.25, 0.3) is 0 Å². The van der Waals surface area contributed by atoms with Crippen molar-refractivity contribution in [2.45, 2.75) is 197 Å². The second-order valence-corrected chi connectivity index (χ2v) is 22.9. The Bertz CT molecular complexity index is 1840. The number of aliphatic hydroxyl groups excluding tert-OH is 13. The van der Waals surface area contributed by atoms with E-state index in [2.05, 4.69) is 39.8 Å². The maximum Gasteiger partial charge on any atom is 0.187 e. The Hall–Kier alpha value is -1.28. The Labute approximate surface area is 391 Å². The van der Waals surface area contributed by atoms with Gasteiger partial charge >= 0.3 is 0 Å². The van der Waals surface area contributed by atoms with Crippen molar-refractivity contribution in [2.24, 2.45) is 44.3 Å². The van der Waals surface area contributed by atoms with E-state index in [9.17, 15) is 66.4 Å². The fourth-order valence-corrected chi connectivity index (χ4v) is 14.5. The Morgan fingerprint density at radius 3 is 1.94 bits per heavy atom. The molecule has 0 aromatic rings. The number of ether oxygens (including phenoxy) is 6. The second kappa shape index (κ2) is 18.6. The fourth-order valence-electron chi connectivity index (χ4n) is 14.5. The van der Waals surface area contributed by atoms with Crippen molar-refractivity contribution in [3.63, 3.8) is 0 Å². The van der Waals surface area contributed by atoms with E-state index in [1.807, 2.05) is 6.92 Å². The largest absolute Gasteiger partial charge is 0.396 e. The lowest BCUT2D eigenvalue weighted by atomic mass is 9.35. The van der Waals surface area contributed by atoms with Gasteiger partial charge in [-0.1, -0.05) is 52.3 Å². The zero-order valence-corrected chi connectivity index (χ0v) is 39.6. The van der Waals surface area contributed by atoms with Gasteiger partial charge in [-0.15, -0.1) is 0 Å². The zero-order chi connectivity index (χ0) is 49.0. The summed E-state index contributed by atoms with van der Waals surface area (Å²) in [5.74, 6) is -0.121. The lowest BCUT2D eigenvalue weighted by Gasteiger charge is -2.70. The molecule has 3 heterocycles. The van der Waals surface area contributed by atoms with Crippen molar-refractivity contribution >= 4 is 0 Å². The molecule has 0 bridgehead atoms. The molecule has 384 valence electrons. The van der Waals surface area contributed by atoms with Gasteiger partial charge in [0.2, 0.25) is 0 Å². The molecule has 67 heavy (non-hydrogen) atoms. The van der Waals surface area contributed by atoms with Gasteiger partial charge in [0, 0.05) is 22.9 Å². The summed E-state index contributed by atoms with van der Waals surface area (Å²) in [6.45, 7) is 10.5. The number of allylic oxidation sites excluding steroid dienone is 3. The van der Waals surface area contributed by atoms with E-state index >= 15 is 0 Å². The highest BCUT2D eigenvalue weighted by atomic mass is 16.8. The van der Waals surface area contributed by atoms with Gasteiger partial charge in [0.1, 0.15) is 67.1 Å². The van der Waals surface area contributed by atoms with Crippen LogP contribution >= 0.6 is 0 Å². The number of hydrogen-bond donors (Lipinski definition) is 13. The average Bonchev–Trinajstić information content (AvgIpc) is 3.30. The van der Waals surface area contributed by atoms with Crippen molar-refractivity contribution in [2.75, 3.05) is 33.0 Å². The molecule has 3 saturated heterocycles. The van der Waals surface area contributed by atoms with Gasteiger partial charge in [-0.05, 0) is 91.9 Å². The van der Waals surface area contributed by atoms with Gasteiger partial charge in [0.15, 0.2) is 18.9 Å². The van der Waals surface area contributed by atoms with Crippen LogP contribution in [0.2, 0.25) is 0 Å². The molecule has 0 radical (unpaired) electrons. The normalized spacial score (nSPS) is 55.6. The summed E-state index contributed by atoms with van der Waals surface area (Å²) in [4.78, 5) is 0. The van der Waals surface area contributed by atoms with Crippen molar-refractivity contribution < 1.29 is 94.8 Å². The van der Waals surface area contributed by atoms with Crippen LogP contribution in [0, 0.1) is 44.3 Å². The van der Waals surface area contributed by atoms with E-state index < -0.39 is 134 Å². The van der Waals surface area contributed by atoms with Crippen LogP contribution in [0.4, 0.5) is 0 Å². The van der Waals surface area contributed by atoms with Crippen LogP contribution in [-0.2, 0) is 28.4 Å². The number of rotatable bonds is 11. The molecular weight excluding hydrogens is 881 g/mol. The molecule has 0 amide bonds. The van der Waals surface area contributed by atoms with E-state index in [-0.39, 0.29) is 47.9 Å². The third-order valence-electron chi connectivity index (χ3n) is 19.2. The van der Waals surface area contributed by atoms with Gasteiger partial charge < -0.3 is 94.8 Å². The molecule has 3 aliphatic heterocycles. The summed E-state index contributed by atoms with van der Waals surface area (Å²) in [5.41, 5.74) is -1.05. The van der Waals surface area contributed by atoms with Crippen LogP contribution in [0.15, 0.2) is 23.3 Å². The van der Waals surface area contributed by atoms with Crippen molar-refractivity contribution in [3.8, 4) is 0 Å². The molecule has 0 aromatic heterocycles. The van der Waals surface area contributed by atoms with E-state index in [4.69, 9.17) is 28.4 Å². The van der Waals surface area contributed by atoms with Crippen LogP contribution in [0.1, 0.15) is 92.9 Å². The van der Waals surface area contributed by atoms with E-state index in [1.54, 1.807) is 0 Å². The van der Waals surface area contributed by atoms with Gasteiger partial charge in [-0.25, -0.2) is 0 Å². The molecule has 0 unspecified atom stereocenters. The molecule has 8 rings (SSSR count). The smallest absolute Gasteiger partial charge is 0.187 e. The molecule has 6 fully saturated rings.